The first-order chi connectivity index (χ1) is 7.79. The van der Waals surface area contributed by atoms with Gasteiger partial charge in [-0.3, -0.25) is 0 Å². The standard InChI is InChI=1S/C13H22N2S/c1-3-8-15-9-4-5-12(15)10-14-11-13(16-2)6-7-13/h4-5,9,14H,3,6-8,10-11H2,1-2H3. The van der Waals surface area contributed by atoms with E-state index in [-0.39, 0.29) is 0 Å². The Hall–Kier alpha value is -0.410. The fraction of sp³-hybridized carbons (Fsp3) is 0.692. The van der Waals surface area contributed by atoms with E-state index in [1.54, 1.807) is 0 Å². The smallest absolute Gasteiger partial charge is 0.0359 e. The summed E-state index contributed by atoms with van der Waals surface area (Å²) in [5.74, 6) is 0. The zero-order chi connectivity index (χ0) is 11.4. The minimum absolute atomic E-state index is 0.572. The van der Waals surface area contributed by atoms with Gasteiger partial charge in [0.2, 0.25) is 0 Å². The van der Waals surface area contributed by atoms with Crippen LogP contribution < -0.4 is 5.32 Å². The van der Waals surface area contributed by atoms with E-state index < -0.39 is 0 Å². The van der Waals surface area contributed by atoms with E-state index in [2.05, 4.69) is 41.4 Å². The molecular formula is C13H22N2S. The Bertz CT molecular complexity index is 328. The highest BCUT2D eigenvalue weighted by Gasteiger charge is 2.41. The van der Waals surface area contributed by atoms with Crippen LogP contribution in [0, 0.1) is 0 Å². The van der Waals surface area contributed by atoms with Crippen LogP contribution in [-0.4, -0.2) is 22.1 Å². The number of nitrogens with one attached hydrogen (secondary N) is 1. The van der Waals surface area contributed by atoms with Gasteiger partial charge in [0, 0.05) is 36.3 Å². The largest absolute Gasteiger partial charge is 0.350 e. The molecule has 1 aromatic heterocycles. The maximum Gasteiger partial charge on any atom is 0.0359 e. The van der Waals surface area contributed by atoms with Gasteiger partial charge < -0.3 is 9.88 Å². The minimum Gasteiger partial charge on any atom is -0.350 e. The van der Waals surface area contributed by atoms with Crippen molar-refractivity contribution in [2.45, 2.75) is 44.0 Å². The van der Waals surface area contributed by atoms with Crippen LogP contribution in [0.3, 0.4) is 0 Å². The normalized spacial score (nSPS) is 17.6. The number of thioether (sulfide) groups is 1. The average molecular weight is 238 g/mol. The van der Waals surface area contributed by atoms with Crippen molar-refractivity contribution in [2.75, 3.05) is 12.8 Å². The van der Waals surface area contributed by atoms with Crippen molar-refractivity contribution in [3.05, 3.63) is 24.0 Å². The van der Waals surface area contributed by atoms with Crippen molar-refractivity contribution >= 4 is 11.8 Å². The lowest BCUT2D eigenvalue weighted by molar-refractivity contribution is 0.594. The highest BCUT2D eigenvalue weighted by Crippen LogP contribution is 2.46. The van der Waals surface area contributed by atoms with Crippen molar-refractivity contribution in [2.24, 2.45) is 0 Å². The van der Waals surface area contributed by atoms with Gasteiger partial charge in [0.05, 0.1) is 0 Å². The van der Waals surface area contributed by atoms with E-state index in [0.29, 0.717) is 4.75 Å². The van der Waals surface area contributed by atoms with Gasteiger partial charge in [-0.2, -0.15) is 11.8 Å². The first-order valence-corrected chi connectivity index (χ1v) is 7.42. The van der Waals surface area contributed by atoms with Gasteiger partial charge in [0.25, 0.3) is 0 Å². The van der Waals surface area contributed by atoms with Crippen LogP contribution in [-0.2, 0) is 13.1 Å². The number of aryl methyl sites for hydroxylation is 1. The van der Waals surface area contributed by atoms with Crippen molar-refractivity contribution in [3.63, 3.8) is 0 Å². The maximum absolute atomic E-state index is 3.60. The van der Waals surface area contributed by atoms with Crippen molar-refractivity contribution in [1.82, 2.24) is 9.88 Å². The van der Waals surface area contributed by atoms with Crippen LogP contribution in [0.4, 0.5) is 0 Å². The van der Waals surface area contributed by atoms with Crippen LogP contribution >= 0.6 is 11.8 Å². The molecule has 0 radical (unpaired) electrons. The fourth-order valence-corrected chi connectivity index (χ4v) is 2.84. The third-order valence-electron chi connectivity index (χ3n) is 3.38. The average Bonchev–Trinajstić information content (AvgIpc) is 2.95. The molecule has 16 heavy (non-hydrogen) atoms. The summed E-state index contributed by atoms with van der Waals surface area (Å²) < 4.78 is 2.92. The maximum atomic E-state index is 3.60. The number of nitrogens with zero attached hydrogens (tertiary/aromatic N) is 1. The van der Waals surface area contributed by atoms with Crippen molar-refractivity contribution in [1.29, 1.82) is 0 Å². The van der Waals surface area contributed by atoms with E-state index >= 15 is 0 Å². The highest BCUT2D eigenvalue weighted by molar-refractivity contribution is 8.00. The summed E-state index contributed by atoms with van der Waals surface area (Å²) in [6, 6.07) is 4.37. The molecule has 0 atom stereocenters. The van der Waals surface area contributed by atoms with E-state index in [1.807, 2.05) is 11.8 Å². The zero-order valence-corrected chi connectivity index (χ0v) is 11.1. The molecule has 2 nitrogen and oxygen atoms in total. The number of rotatable bonds is 7. The molecule has 0 saturated heterocycles. The molecule has 0 unspecified atom stereocenters. The number of hydrogen-bond donors (Lipinski definition) is 1. The zero-order valence-electron chi connectivity index (χ0n) is 10.3. The third-order valence-corrected chi connectivity index (χ3v) is 4.80. The van der Waals surface area contributed by atoms with Crippen LogP contribution in [0.15, 0.2) is 18.3 Å². The predicted molar refractivity (Wildman–Crippen MR) is 71.9 cm³/mol. The topological polar surface area (TPSA) is 17.0 Å². The summed E-state index contributed by atoms with van der Waals surface area (Å²) in [4.78, 5) is 0. The van der Waals surface area contributed by atoms with Gasteiger partial charge in [0.1, 0.15) is 0 Å². The summed E-state index contributed by atoms with van der Waals surface area (Å²) in [5.41, 5.74) is 1.42. The SMILES string of the molecule is CCCn1cccc1CNCC1(SC)CC1. The van der Waals surface area contributed by atoms with Crippen LogP contribution in [0.25, 0.3) is 0 Å². The van der Waals surface area contributed by atoms with Gasteiger partial charge in [-0.05, 0) is 37.7 Å². The number of hydrogen-bond acceptors (Lipinski definition) is 2. The minimum atomic E-state index is 0.572. The molecule has 1 aromatic rings. The Morgan fingerprint density at radius 3 is 2.94 bits per heavy atom. The first-order valence-electron chi connectivity index (χ1n) is 6.19. The van der Waals surface area contributed by atoms with E-state index in [9.17, 15) is 0 Å². The van der Waals surface area contributed by atoms with Gasteiger partial charge in [-0.15, -0.1) is 0 Å². The third kappa shape index (κ3) is 2.83. The molecule has 0 bridgehead atoms. The Morgan fingerprint density at radius 2 is 2.31 bits per heavy atom. The van der Waals surface area contributed by atoms with Crippen molar-refractivity contribution in [3.8, 4) is 0 Å². The molecule has 90 valence electrons. The Morgan fingerprint density at radius 1 is 1.50 bits per heavy atom. The molecule has 0 aliphatic heterocycles. The Kier molecular flexibility index (Phi) is 3.98. The Balaban J connectivity index is 1.78. The lowest BCUT2D eigenvalue weighted by atomic mass is 10.3. The molecule has 1 heterocycles. The quantitative estimate of drug-likeness (QED) is 0.786. The molecule has 1 N–H and O–H groups in total. The summed E-state index contributed by atoms with van der Waals surface area (Å²) in [5, 5.41) is 3.60. The highest BCUT2D eigenvalue weighted by atomic mass is 32.2. The molecule has 2 rings (SSSR count). The second-order valence-electron chi connectivity index (χ2n) is 4.68. The molecule has 0 aromatic carbocycles. The molecule has 3 heteroatoms. The lowest BCUT2D eigenvalue weighted by Gasteiger charge is -2.14. The fourth-order valence-electron chi connectivity index (χ4n) is 2.08. The Labute approximate surface area is 103 Å². The molecule has 0 spiro atoms. The number of aromatic nitrogens is 1. The molecule has 0 amide bonds. The molecule has 1 saturated carbocycles. The molecule has 1 aliphatic rings. The van der Waals surface area contributed by atoms with Gasteiger partial charge in [-0.1, -0.05) is 6.92 Å². The van der Waals surface area contributed by atoms with Gasteiger partial charge in [-0.25, -0.2) is 0 Å². The predicted octanol–water partition coefficient (Wildman–Crippen LogP) is 2.88. The van der Waals surface area contributed by atoms with Crippen LogP contribution in [0.2, 0.25) is 0 Å². The molecular weight excluding hydrogens is 216 g/mol. The second-order valence-corrected chi connectivity index (χ2v) is 5.96. The lowest BCUT2D eigenvalue weighted by Crippen LogP contribution is -2.26. The van der Waals surface area contributed by atoms with Crippen molar-refractivity contribution < 1.29 is 0 Å². The second kappa shape index (κ2) is 5.28. The summed E-state index contributed by atoms with van der Waals surface area (Å²) in [6.07, 6.45) is 8.39. The van der Waals surface area contributed by atoms with Crippen LogP contribution in [0.5, 0.6) is 0 Å². The summed E-state index contributed by atoms with van der Waals surface area (Å²) in [6.45, 7) is 5.53. The first kappa shape index (κ1) is 12.1. The summed E-state index contributed by atoms with van der Waals surface area (Å²) >= 11 is 2.02. The monoisotopic (exact) mass is 238 g/mol. The molecule has 1 aliphatic carbocycles. The van der Waals surface area contributed by atoms with E-state index in [1.165, 1.54) is 25.0 Å². The van der Waals surface area contributed by atoms with Gasteiger partial charge in [0.15, 0.2) is 0 Å². The van der Waals surface area contributed by atoms with Gasteiger partial charge >= 0.3 is 0 Å². The summed E-state index contributed by atoms with van der Waals surface area (Å²) in [7, 11) is 0. The van der Waals surface area contributed by atoms with E-state index in [0.717, 1.165) is 19.6 Å². The van der Waals surface area contributed by atoms with E-state index in [4.69, 9.17) is 0 Å². The van der Waals surface area contributed by atoms with Crippen LogP contribution in [0.1, 0.15) is 31.9 Å². The molecule has 1 fully saturated rings.